The Morgan fingerprint density at radius 3 is 2.61 bits per heavy atom. The molecule has 23 heavy (non-hydrogen) atoms. The van der Waals surface area contributed by atoms with Crippen LogP contribution in [0.2, 0.25) is 0 Å². The first-order valence-electron chi connectivity index (χ1n) is 7.17. The number of benzene rings is 2. The van der Waals surface area contributed by atoms with Crippen molar-refractivity contribution in [2.45, 2.75) is 12.1 Å². The molecule has 5 nitrogen and oxygen atoms in total. The van der Waals surface area contributed by atoms with Crippen molar-refractivity contribution < 1.29 is 4.79 Å². The van der Waals surface area contributed by atoms with E-state index in [0.717, 1.165) is 16.9 Å². The molecule has 0 aliphatic carbocycles. The molecule has 0 aliphatic rings. The summed E-state index contributed by atoms with van der Waals surface area (Å²) in [5, 5.41) is 7.79. The Bertz CT molecular complexity index is 784. The number of anilines is 1. The van der Waals surface area contributed by atoms with Crippen LogP contribution in [-0.2, 0) is 4.79 Å². The quantitative estimate of drug-likeness (QED) is 0.732. The van der Waals surface area contributed by atoms with Gasteiger partial charge >= 0.3 is 0 Å². The molecule has 0 bridgehead atoms. The van der Waals surface area contributed by atoms with Crippen LogP contribution in [0.4, 0.5) is 5.69 Å². The number of nitrogens with zero attached hydrogens (tertiary/aromatic N) is 3. The van der Waals surface area contributed by atoms with Gasteiger partial charge in [-0.15, -0.1) is 5.10 Å². The van der Waals surface area contributed by atoms with Crippen LogP contribution < -0.4 is 5.32 Å². The number of hydrogen-bond donors (Lipinski definition) is 1. The minimum absolute atomic E-state index is 0.0742. The van der Waals surface area contributed by atoms with Gasteiger partial charge in [0.25, 0.3) is 0 Å². The lowest BCUT2D eigenvalue weighted by Gasteiger charge is -2.04. The van der Waals surface area contributed by atoms with Crippen LogP contribution in [0.5, 0.6) is 0 Å². The Labute approximate surface area is 138 Å². The number of nitrogens with one attached hydrogen (secondary N) is 1. The van der Waals surface area contributed by atoms with Gasteiger partial charge in [-0.2, -0.15) is 0 Å². The van der Waals surface area contributed by atoms with E-state index in [1.165, 1.54) is 11.8 Å². The molecule has 0 saturated heterocycles. The number of thioether (sulfide) groups is 1. The van der Waals surface area contributed by atoms with E-state index in [2.05, 4.69) is 15.4 Å². The Morgan fingerprint density at radius 2 is 1.87 bits per heavy atom. The normalized spacial score (nSPS) is 10.5. The smallest absolute Gasteiger partial charge is 0.234 e. The van der Waals surface area contributed by atoms with Crippen LogP contribution in [0.1, 0.15) is 5.56 Å². The number of carbonyl (C=O) groups excluding carboxylic acids is 1. The molecule has 1 heterocycles. The first kappa shape index (κ1) is 15.3. The van der Waals surface area contributed by atoms with E-state index in [4.69, 9.17) is 0 Å². The molecule has 6 heteroatoms. The maximum absolute atomic E-state index is 12.0. The molecule has 0 fully saturated rings. The van der Waals surface area contributed by atoms with E-state index >= 15 is 0 Å². The van der Waals surface area contributed by atoms with E-state index in [1.54, 1.807) is 11.0 Å². The SMILES string of the molecule is Cc1ccc(NC(=O)CSc2ncn(-c3ccccc3)n2)cc1. The van der Waals surface area contributed by atoms with Gasteiger partial charge in [0.05, 0.1) is 11.4 Å². The number of amides is 1. The maximum atomic E-state index is 12.0. The Hall–Kier alpha value is -2.60. The van der Waals surface area contributed by atoms with E-state index in [9.17, 15) is 4.79 Å². The van der Waals surface area contributed by atoms with Gasteiger partial charge in [0.1, 0.15) is 6.33 Å². The molecular formula is C17H16N4OS. The standard InChI is InChI=1S/C17H16N4OS/c1-13-7-9-14(10-8-13)19-16(22)11-23-17-18-12-21(20-17)15-5-3-2-4-6-15/h2-10,12H,11H2,1H3,(H,19,22). The second kappa shape index (κ2) is 7.11. The van der Waals surface area contributed by atoms with Crippen molar-refractivity contribution in [3.63, 3.8) is 0 Å². The molecule has 2 aromatic carbocycles. The van der Waals surface area contributed by atoms with Crippen molar-refractivity contribution in [2.24, 2.45) is 0 Å². The molecule has 1 aromatic heterocycles. The Kier molecular flexibility index (Phi) is 4.73. The van der Waals surface area contributed by atoms with Crippen LogP contribution in [0.3, 0.4) is 0 Å². The minimum atomic E-state index is -0.0742. The summed E-state index contributed by atoms with van der Waals surface area (Å²) in [5.41, 5.74) is 2.90. The summed E-state index contributed by atoms with van der Waals surface area (Å²) in [6, 6.07) is 17.4. The second-order valence-electron chi connectivity index (χ2n) is 5.01. The van der Waals surface area contributed by atoms with Crippen molar-refractivity contribution >= 4 is 23.4 Å². The number of aromatic nitrogens is 3. The van der Waals surface area contributed by atoms with Gasteiger partial charge in [-0.25, -0.2) is 9.67 Å². The summed E-state index contributed by atoms with van der Waals surface area (Å²) >= 11 is 1.31. The predicted octanol–water partition coefficient (Wildman–Crippen LogP) is 3.31. The van der Waals surface area contributed by atoms with Gasteiger partial charge < -0.3 is 5.32 Å². The van der Waals surface area contributed by atoms with Gasteiger partial charge in [0.2, 0.25) is 11.1 Å². The van der Waals surface area contributed by atoms with Crippen LogP contribution in [0, 0.1) is 6.92 Å². The van der Waals surface area contributed by atoms with Gasteiger partial charge in [0, 0.05) is 5.69 Å². The summed E-state index contributed by atoms with van der Waals surface area (Å²) in [6.45, 7) is 2.01. The largest absolute Gasteiger partial charge is 0.325 e. The molecule has 0 atom stereocenters. The third-order valence-electron chi connectivity index (χ3n) is 3.16. The highest BCUT2D eigenvalue weighted by molar-refractivity contribution is 7.99. The zero-order chi connectivity index (χ0) is 16.1. The first-order chi connectivity index (χ1) is 11.2. The summed E-state index contributed by atoms with van der Waals surface area (Å²) in [5.74, 6) is 0.196. The van der Waals surface area contributed by atoms with Gasteiger partial charge in [-0.05, 0) is 31.2 Å². The van der Waals surface area contributed by atoms with E-state index in [1.807, 2.05) is 61.5 Å². The van der Waals surface area contributed by atoms with Crippen LogP contribution in [0.15, 0.2) is 66.1 Å². The lowest BCUT2D eigenvalue weighted by molar-refractivity contribution is -0.113. The lowest BCUT2D eigenvalue weighted by atomic mass is 10.2. The Morgan fingerprint density at radius 1 is 1.13 bits per heavy atom. The molecule has 0 aliphatic heterocycles. The number of rotatable bonds is 5. The van der Waals surface area contributed by atoms with E-state index < -0.39 is 0 Å². The number of hydrogen-bond acceptors (Lipinski definition) is 4. The van der Waals surface area contributed by atoms with Gasteiger partial charge in [-0.1, -0.05) is 47.7 Å². The van der Waals surface area contributed by atoms with Crippen molar-refractivity contribution in [3.8, 4) is 5.69 Å². The highest BCUT2D eigenvalue weighted by Crippen LogP contribution is 2.15. The average molecular weight is 324 g/mol. The van der Waals surface area contributed by atoms with Gasteiger partial charge in [0.15, 0.2) is 0 Å². The van der Waals surface area contributed by atoms with Crippen molar-refractivity contribution in [1.82, 2.24) is 14.8 Å². The van der Waals surface area contributed by atoms with Crippen molar-refractivity contribution in [1.29, 1.82) is 0 Å². The fourth-order valence-electron chi connectivity index (χ4n) is 1.98. The zero-order valence-electron chi connectivity index (χ0n) is 12.6. The maximum Gasteiger partial charge on any atom is 0.234 e. The number of para-hydroxylation sites is 1. The molecule has 1 amide bonds. The van der Waals surface area contributed by atoms with Crippen LogP contribution in [-0.4, -0.2) is 26.4 Å². The molecule has 116 valence electrons. The van der Waals surface area contributed by atoms with Crippen molar-refractivity contribution in [3.05, 3.63) is 66.5 Å². The van der Waals surface area contributed by atoms with Crippen LogP contribution in [0.25, 0.3) is 5.69 Å². The van der Waals surface area contributed by atoms with E-state index in [0.29, 0.717) is 5.16 Å². The highest BCUT2D eigenvalue weighted by Gasteiger charge is 2.07. The van der Waals surface area contributed by atoms with Crippen molar-refractivity contribution in [2.75, 3.05) is 11.1 Å². The molecule has 0 saturated carbocycles. The van der Waals surface area contributed by atoms with Crippen LogP contribution >= 0.6 is 11.8 Å². The van der Waals surface area contributed by atoms with E-state index in [-0.39, 0.29) is 11.7 Å². The summed E-state index contributed by atoms with van der Waals surface area (Å²) in [7, 11) is 0. The number of carbonyl (C=O) groups is 1. The third kappa shape index (κ3) is 4.20. The fraction of sp³-hybridized carbons (Fsp3) is 0.118. The molecule has 3 rings (SSSR count). The molecule has 0 unspecified atom stereocenters. The third-order valence-corrected chi connectivity index (χ3v) is 4.01. The summed E-state index contributed by atoms with van der Waals surface area (Å²) in [6.07, 6.45) is 1.65. The average Bonchev–Trinajstić information content (AvgIpc) is 3.05. The Balaban J connectivity index is 1.55. The molecule has 0 spiro atoms. The molecule has 0 radical (unpaired) electrons. The zero-order valence-corrected chi connectivity index (χ0v) is 13.5. The molecule has 1 N–H and O–H groups in total. The monoisotopic (exact) mass is 324 g/mol. The molecule has 3 aromatic rings. The topological polar surface area (TPSA) is 59.8 Å². The predicted molar refractivity (Wildman–Crippen MR) is 91.9 cm³/mol. The summed E-state index contributed by atoms with van der Waals surface area (Å²) in [4.78, 5) is 16.2. The minimum Gasteiger partial charge on any atom is -0.325 e. The lowest BCUT2D eigenvalue weighted by Crippen LogP contribution is -2.14. The fourth-order valence-corrected chi connectivity index (χ4v) is 2.58. The second-order valence-corrected chi connectivity index (χ2v) is 5.95. The number of aryl methyl sites for hydroxylation is 1. The first-order valence-corrected chi connectivity index (χ1v) is 8.16. The summed E-state index contributed by atoms with van der Waals surface area (Å²) < 4.78 is 1.69. The molecular weight excluding hydrogens is 308 g/mol. The van der Waals surface area contributed by atoms with Gasteiger partial charge in [-0.3, -0.25) is 4.79 Å². The highest BCUT2D eigenvalue weighted by atomic mass is 32.2.